The first-order valence-corrected chi connectivity index (χ1v) is 3.34. The van der Waals surface area contributed by atoms with E-state index in [-0.39, 0.29) is 24.0 Å². The van der Waals surface area contributed by atoms with Crippen LogP contribution in [0.2, 0.25) is 0 Å². The van der Waals surface area contributed by atoms with Gasteiger partial charge in [0.25, 0.3) is 0 Å². The number of rotatable bonds is 0. The van der Waals surface area contributed by atoms with E-state index >= 15 is 0 Å². The molecule has 1 aliphatic heterocycles. The van der Waals surface area contributed by atoms with Crippen LogP contribution in [0.25, 0.3) is 0 Å². The van der Waals surface area contributed by atoms with Crippen molar-refractivity contribution in [1.82, 2.24) is 0 Å². The van der Waals surface area contributed by atoms with E-state index in [9.17, 15) is 0 Å². The second kappa shape index (κ2) is 3.73. The smallest absolute Gasteiger partial charge is 0.0958 e. The highest BCUT2D eigenvalue weighted by Crippen LogP contribution is 2.09. The van der Waals surface area contributed by atoms with Gasteiger partial charge in [0, 0.05) is 0 Å². The number of piperidine rings is 1. The van der Waals surface area contributed by atoms with Crippen molar-refractivity contribution in [3.8, 4) is 0 Å². The molecule has 0 unspecified atom stereocenters. The van der Waals surface area contributed by atoms with Crippen LogP contribution in [0.15, 0.2) is 0 Å². The fourth-order valence-corrected chi connectivity index (χ4v) is 1.23. The predicted octanol–water partition coefficient (Wildman–Crippen LogP) is -2.51. The zero-order valence-corrected chi connectivity index (χ0v) is 8.10. The van der Waals surface area contributed by atoms with E-state index in [4.69, 9.17) is 5.84 Å². The van der Waals surface area contributed by atoms with Crippen molar-refractivity contribution in [2.45, 2.75) is 19.3 Å². The van der Waals surface area contributed by atoms with Crippen LogP contribution in [0.5, 0.6) is 0 Å². The van der Waals surface area contributed by atoms with Crippen LogP contribution >= 0.6 is 0 Å². The van der Waals surface area contributed by atoms with Gasteiger partial charge in [-0.2, -0.15) is 5.84 Å². The molecule has 56 valence electrons. The minimum Gasteiger partial charge on any atom is -1.00 e. The molecule has 1 saturated heterocycles. The van der Waals surface area contributed by atoms with E-state index < -0.39 is 0 Å². The molecule has 1 heterocycles. The van der Waals surface area contributed by atoms with Crippen LogP contribution in [0.4, 0.5) is 0 Å². The van der Waals surface area contributed by atoms with Gasteiger partial charge < -0.3 is 24.0 Å². The van der Waals surface area contributed by atoms with Gasteiger partial charge >= 0.3 is 0 Å². The molecule has 9 heavy (non-hydrogen) atoms. The molecule has 0 aromatic carbocycles. The third kappa shape index (κ3) is 3.37. The molecular weight excluding hydrogens is 227 g/mol. The third-order valence-electron chi connectivity index (χ3n) is 1.84. The van der Waals surface area contributed by atoms with Crippen LogP contribution in [-0.4, -0.2) is 24.7 Å². The minimum absolute atomic E-state index is 0. The van der Waals surface area contributed by atoms with Crippen molar-refractivity contribution < 1.29 is 28.6 Å². The Morgan fingerprint density at radius 2 is 1.56 bits per heavy atom. The monoisotopic (exact) mass is 242 g/mol. The Bertz CT molecular complexity index is 75.1. The molecule has 0 aromatic heterocycles. The molecule has 0 bridgehead atoms. The summed E-state index contributed by atoms with van der Waals surface area (Å²) in [4.78, 5) is 0. The lowest BCUT2D eigenvalue weighted by atomic mass is 10.1. The summed E-state index contributed by atoms with van der Waals surface area (Å²) in [5, 5.41) is 0. The van der Waals surface area contributed by atoms with Crippen LogP contribution in [0.1, 0.15) is 19.3 Å². The number of hydrogen-bond acceptors (Lipinski definition) is 1. The van der Waals surface area contributed by atoms with E-state index in [1.165, 1.54) is 32.4 Å². The minimum atomic E-state index is 0. The standard InChI is InChI=1S/C6H15N2.HI/c1-8(7)5-3-2-4-6-8;/h2-7H2,1H3;1H/q+1;/p-1. The summed E-state index contributed by atoms with van der Waals surface area (Å²) in [6.07, 6.45) is 4.00. The van der Waals surface area contributed by atoms with Gasteiger partial charge in [0.1, 0.15) is 0 Å². The SMILES string of the molecule is C[N+]1(N)CCCCC1.[I-]. The molecule has 0 amide bonds. The second-order valence-corrected chi connectivity index (χ2v) is 2.99. The summed E-state index contributed by atoms with van der Waals surface area (Å²) in [5.41, 5.74) is 0. The topological polar surface area (TPSA) is 26.0 Å². The van der Waals surface area contributed by atoms with Crippen LogP contribution < -0.4 is 29.8 Å². The number of hydrogen-bond donors (Lipinski definition) is 1. The van der Waals surface area contributed by atoms with Crippen molar-refractivity contribution in [2.24, 2.45) is 5.84 Å². The Morgan fingerprint density at radius 3 is 1.78 bits per heavy atom. The largest absolute Gasteiger partial charge is 1.00 e. The summed E-state index contributed by atoms with van der Waals surface area (Å²) in [5.74, 6) is 5.82. The summed E-state index contributed by atoms with van der Waals surface area (Å²) in [6, 6.07) is 0. The fourth-order valence-electron chi connectivity index (χ4n) is 1.23. The molecule has 0 atom stereocenters. The maximum absolute atomic E-state index is 5.82. The van der Waals surface area contributed by atoms with Crippen LogP contribution in [0, 0.1) is 0 Å². The zero-order chi connectivity index (χ0) is 6.04. The van der Waals surface area contributed by atoms with Crippen molar-refractivity contribution in [1.29, 1.82) is 0 Å². The van der Waals surface area contributed by atoms with Gasteiger partial charge in [-0.3, -0.25) is 4.59 Å². The van der Waals surface area contributed by atoms with Crippen LogP contribution in [-0.2, 0) is 0 Å². The molecule has 2 N–H and O–H groups in total. The highest BCUT2D eigenvalue weighted by atomic mass is 127. The lowest BCUT2D eigenvalue weighted by Crippen LogP contribution is -3.00. The van der Waals surface area contributed by atoms with Crippen molar-refractivity contribution >= 4 is 0 Å². The maximum Gasteiger partial charge on any atom is 0.0958 e. The summed E-state index contributed by atoms with van der Waals surface area (Å²) < 4.78 is 0.750. The summed E-state index contributed by atoms with van der Waals surface area (Å²) in [6.45, 7) is 2.33. The Morgan fingerprint density at radius 1 is 1.11 bits per heavy atom. The fraction of sp³-hybridized carbons (Fsp3) is 1.00. The van der Waals surface area contributed by atoms with Gasteiger partial charge in [-0.25, -0.2) is 0 Å². The summed E-state index contributed by atoms with van der Waals surface area (Å²) in [7, 11) is 2.10. The molecule has 0 aromatic rings. The van der Waals surface area contributed by atoms with Crippen molar-refractivity contribution in [3.05, 3.63) is 0 Å². The van der Waals surface area contributed by atoms with Gasteiger partial charge in [0.15, 0.2) is 0 Å². The van der Waals surface area contributed by atoms with Gasteiger partial charge in [0.05, 0.1) is 20.1 Å². The number of nitrogens with two attached hydrogens (primary N) is 1. The third-order valence-corrected chi connectivity index (χ3v) is 1.84. The van der Waals surface area contributed by atoms with E-state index in [2.05, 4.69) is 7.05 Å². The van der Waals surface area contributed by atoms with Gasteiger partial charge in [-0.05, 0) is 19.3 Å². The Kier molecular flexibility index (Phi) is 4.00. The molecule has 2 nitrogen and oxygen atoms in total. The molecule has 3 heteroatoms. The molecule has 0 aliphatic carbocycles. The molecule has 0 spiro atoms. The van der Waals surface area contributed by atoms with Gasteiger partial charge in [-0.15, -0.1) is 0 Å². The first-order chi connectivity index (χ1) is 3.71. The van der Waals surface area contributed by atoms with Gasteiger partial charge in [-0.1, -0.05) is 0 Å². The maximum atomic E-state index is 5.82. The van der Waals surface area contributed by atoms with E-state index in [0.29, 0.717) is 0 Å². The second-order valence-electron chi connectivity index (χ2n) is 2.99. The van der Waals surface area contributed by atoms with Crippen LogP contribution in [0.3, 0.4) is 0 Å². The Labute approximate surface area is 74.0 Å². The van der Waals surface area contributed by atoms with E-state index in [1.54, 1.807) is 0 Å². The highest BCUT2D eigenvalue weighted by molar-refractivity contribution is 4.46. The highest BCUT2D eigenvalue weighted by Gasteiger charge is 2.19. The van der Waals surface area contributed by atoms with E-state index in [0.717, 1.165) is 4.59 Å². The zero-order valence-electron chi connectivity index (χ0n) is 5.94. The lowest BCUT2D eigenvalue weighted by molar-refractivity contribution is -0.925. The Balaban J connectivity index is 0.000000640. The average Bonchev–Trinajstić information content (AvgIpc) is 1.65. The molecular formula is C6H15IN2. The molecule has 0 saturated carbocycles. The quantitative estimate of drug-likeness (QED) is 0.283. The van der Waals surface area contributed by atoms with E-state index in [1.807, 2.05) is 0 Å². The molecule has 1 rings (SSSR count). The predicted molar refractivity (Wildman–Crippen MR) is 34.0 cm³/mol. The first kappa shape index (κ1) is 9.65. The average molecular weight is 242 g/mol. The first-order valence-electron chi connectivity index (χ1n) is 3.34. The number of halogens is 1. The Hall–Kier alpha value is 0.650. The molecule has 1 aliphatic rings. The van der Waals surface area contributed by atoms with Crippen molar-refractivity contribution in [2.75, 3.05) is 20.1 Å². The lowest BCUT2D eigenvalue weighted by Gasteiger charge is -2.31. The summed E-state index contributed by atoms with van der Waals surface area (Å²) >= 11 is 0. The van der Waals surface area contributed by atoms with Crippen molar-refractivity contribution in [3.63, 3.8) is 0 Å². The number of likely N-dealkylation sites (tertiary alicyclic amines) is 1. The normalized spacial score (nSPS) is 24.7. The molecule has 1 fully saturated rings. The number of nitrogens with zero attached hydrogens (tertiary/aromatic N) is 1. The number of quaternary nitrogens is 1. The molecule has 0 radical (unpaired) electrons. The van der Waals surface area contributed by atoms with Gasteiger partial charge in [0.2, 0.25) is 0 Å².